The number of methoxy groups -OCH3 is 1. The lowest BCUT2D eigenvalue weighted by Gasteiger charge is -2.44. The lowest BCUT2D eigenvalue weighted by Crippen LogP contribution is -2.62. The number of likely N-dealkylation sites (N-methyl/N-ethyl adjacent to an activating group) is 1. The van der Waals surface area contributed by atoms with Crippen molar-refractivity contribution in [3.05, 3.63) is 47.8 Å². The molecule has 6 nitrogen and oxygen atoms in total. The Morgan fingerprint density at radius 2 is 2.30 bits per heavy atom. The molecule has 3 heterocycles. The van der Waals surface area contributed by atoms with Gasteiger partial charge < -0.3 is 9.47 Å². The summed E-state index contributed by atoms with van der Waals surface area (Å²) < 4.78 is 13.1. The first-order valence-corrected chi connectivity index (χ1v) is 10.0. The SMILES string of the molecule is CCOCSc1cnc2n1C1=C(C)C=CCC13C=CC=C(C(=O)OC)[N+]23C. The van der Waals surface area contributed by atoms with Gasteiger partial charge in [-0.1, -0.05) is 30.0 Å². The number of ether oxygens (including phenoxy) is 2. The average molecular weight is 386 g/mol. The Morgan fingerprint density at radius 1 is 1.48 bits per heavy atom. The van der Waals surface area contributed by atoms with Gasteiger partial charge in [0.1, 0.15) is 5.03 Å². The topological polar surface area (TPSA) is 53.4 Å². The van der Waals surface area contributed by atoms with Crippen molar-refractivity contribution < 1.29 is 14.3 Å². The highest BCUT2D eigenvalue weighted by Gasteiger charge is 2.65. The number of fused-ring (bicyclic) bond motifs is 3. The molecule has 3 aliphatic rings. The number of thioether (sulfide) groups is 1. The van der Waals surface area contributed by atoms with Crippen LogP contribution in [0.4, 0.5) is 5.95 Å². The third kappa shape index (κ3) is 2.28. The summed E-state index contributed by atoms with van der Waals surface area (Å²) in [5, 5.41) is 1.02. The molecule has 27 heavy (non-hydrogen) atoms. The monoisotopic (exact) mass is 386 g/mol. The van der Waals surface area contributed by atoms with E-state index >= 15 is 0 Å². The molecule has 0 saturated heterocycles. The maximum atomic E-state index is 12.7. The van der Waals surface area contributed by atoms with E-state index in [2.05, 4.69) is 36.8 Å². The maximum absolute atomic E-state index is 12.7. The van der Waals surface area contributed by atoms with Crippen molar-refractivity contribution in [3.63, 3.8) is 0 Å². The van der Waals surface area contributed by atoms with E-state index in [1.165, 1.54) is 18.4 Å². The quantitative estimate of drug-likeness (QED) is 0.255. The molecule has 0 aromatic carbocycles. The molecular weight excluding hydrogens is 362 g/mol. The normalized spacial score (nSPS) is 27.9. The molecule has 142 valence electrons. The van der Waals surface area contributed by atoms with Crippen molar-refractivity contribution in [2.24, 2.45) is 0 Å². The van der Waals surface area contributed by atoms with Crippen molar-refractivity contribution in [1.82, 2.24) is 14.0 Å². The van der Waals surface area contributed by atoms with Gasteiger partial charge in [-0.05, 0) is 25.5 Å². The Balaban J connectivity index is 1.95. The Labute approximate surface area is 163 Å². The first kappa shape index (κ1) is 18.3. The molecule has 0 N–H and O–H groups in total. The van der Waals surface area contributed by atoms with Gasteiger partial charge in [-0.25, -0.2) is 13.8 Å². The van der Waals surface area contributed by atoms with Crippen LogP contribution in [0.2, 0.25) is 0 Å². The molecule has 0 saturated carbocycles. The predicted octanol–water partition coefficient (Wildman–Crippen LogP) is 3.48. The summed E-state index contributed by atoms with van der Waals surface area (Å²) in [5.41, 5.74) is 2.54. The van der Waals surface area contributed by atoms with Crippen LogP contribution >= 0.6 is 11.8 Å². The highest BCUT2D eigenvalue weighted by molar-refractivity contribution is 7.99. The van der Waals surface area contributed by atoms with Crippen LogP contribution < -0.4 is 4.48 Å². The molecule has 1 aromatic rings. The predicted molar refractivity (Wildman–Crippen MR) is 107 cm³/mol. The zero-order chi connectivity index (χ0) is 19.2. The van der Waals surface area contributed by atoms with E-state index in [1.54, 1.807) is 11.8 Å². The highest BCUT2D eigenvalue weighted by atomic mass is 32.2. The molecule has 0 amide bonds. The minimum absolute atomic E-state index is 0.280. The maximum Gasteiger partial charge on any atom is 0.393 e. The number of carbonyl (C=O) groups is 1. The first-order chi connectivity index (χ1) is 13.0. The third-order valence-corrected chi connectivity index (χ3v) is 6.58. The lowest BCUT2D eigenvalue weighted by molar-refractivity contribution is -0.138. The van der Waals surface area contributed by atoms with E-state index in [-0.39, 0.29) is 10.5 Å². The number of hydrogen-bond acceptors (Lipinski definition) is 5. The fraction of sp³-hybridized carbons (Fsp3) is 0.400. The summed E-state index contributed by atoms with van der Waals surface area (Å²) in [6.45, 7) is 4.78. The Hall–Kier alpha value is -2.09. The zero-order valence-corrected chi connectivity index (χ0v) is 16.9. The lowest BCUT2D eigenvalue weighted by atomic mass is 9.80. The van der Waals surface area contributed by atoms with Crippen LogP contribution in [-0.4, -0.2) is 47.8 Å². The summed E-state index contributed by atoms with van der Waals surface area (Å²) in [7, 11) is 3.48. The van der Waals surface area contributed by atoms with E-state index < -0.39 is 5.54 Å². The fourth-order valence-electron chi connectivity index (χ4n) is 4.44. The Morgan fingerprint density at radius 3 is 3.04 bits per heavy atom. The molecule has 7 heteroatoms. The van der Waals surface area contributed by atoms with E-state index in [0.717, 1.165) is 17.4 Å². The van der Waals surface area contributed by atoms with Gasteiger partial charge in [-0.2, -0.15) is 4.98 Å². The summed E-state index contributed by atoms with van der Waals surface area (Å²) in [4.78, 5) is 17.4. The fourth-order valence-corrected chi connectivity index (χ4v) is 5.24. The molecule has 2 aliphatic heterocycles. The van der Waals surface area contributed by atoms with Crippen LogP contribution in [0.5, 0.6) is 0 Å². The van der Waals surface area contributed by atoms with Crippen molar-refractivity contribution >= 4 is 29.4 Å². The van der Waals surface area contributed by atoms with E-state index in [4.69, 9.17) is 14.5 Å². The van der Waals surface area contributed by atoms with Gasteiger partial charge in [0, 0.05) is 19.1 Å². The third-order valence-electron chi connectivity index (χ3n) is 5.71. The second-order valence-corrected chi connectivity index (χ2v) is 7.90. The second kappa shape index (κ2) is 6.51. The molecule has 2 atom stereocenters. The number of esters is 1. The van der Waals surface area contributed by atoms with Crippen LogP contribution in [0.25, 0.3) is 5.70 Å². The molecule has 4 rings (SSSR count). The molecule has 1 spiro atoms. The molecule has 1 aliphatic carbocycles. The summed E-state index contributed by atoms with van der Waals surface area (Å²) in [6, 6.07) is 0. The molecule has 0 bridgehead atoms. The number of allylic oxidation sites excluding steroid dienone is 4. The Bertz CT molecular complexity index is 927. The van der Waals surface area contributed by atoms with Gasteiger partial charge in [-0.3, -0.25) is 0 Å². The van der Waals surface area contributed by atoms with Gasteiger partial charge in [0.2, 0.25) is 5.70 Å². The number of nitrogens with zero attached hydrogens (tertiary/aromatic N) is 3. The summed E-state index contributed by atoms with van der Waals surface area (Å²) in [6.07, 6.45) is 13.0. The van der Waals surface area contributed by atoms with Gasteiger partial charge >= 0.3 is 11.9 Å². The largest absolute Gasteiger partial charge is 0.462 e. The van der Waals surface area contributed by atoms with E-state index in [0.29, 0.717) is 18.2 Å². The first-order valence-electron chi connectivity index (χ1n) is 9.03. The minimum atomic E-state index is -0.401. The number of hydrogen-bond donors (Lipinski definition) is 0. The van der Waals surface area contributed by atoms with Crippen LogP contribution in [0, 0.1) is 0 Å². The second-order valence-electron chi connectivity index (χ2n) is 6.96. The highest BCUT2D eigenvalue weighted by Crippen LogP contribution is 2.57. The molecule has 1 aromatic heterocycles. The van der Waals surface area contributed by atoms with Gasteiger partial charge in [0.05, 0.1) is 32.0 Å². The van der Waals surface area contributed by atoms with Gasteiger partial charge in [0.15, 0.2) is 5.54 Å². The van der Waals surface area contributed by atoms with Crippen LogP contribution in [0.1, 0.15) is 20.3 Å². The molecular formula is C20H24N3O3S+. The number of aromatic nitrogens is 2. The zero-order valence-electron chi connectivity index (χ0n) is 16.1. The van der Waals surface area contributed by atoms with Crippen molar-refractivity contribution in [1.29, 1.82) is 0 Å². The number of carbonyl (C=O) groups excluding carboxylic acids is 1. The smallest absolute Gasteiger partial charge is 0.393 e. The van der Waals surface area contributed by atoms with Gasteiger partial charge in [-0.15, -0.1) is 0 Å². The Kier molecular flexibility index (Phi) is 4.41. The molecule has 0 radical (unpaired) electrons. The summed E-state index contributed by atoms with van der Waals surface area (Å²) in [5.74, 6) is 1.07. The van der Waals surface area contributed by atoms with Gasteiger partial charge in [0.25, 0.3) is 0 Å². The number of quaternary nitrogens is 1. The average Bonchev–Trinajstić information content (AvgIpc) is 3.17. The minimum Gasteiger partial charge on any atom is -0.462 e. The summed E-state index contributed by atoms with van der Waals surface area (Å²) >= 11 is 1.62. The van der Waals surface area contributed by atoms with Crippen LogP contribution in [-0.2, 0) is 14.3 Å². The molecule has 2 unspecified atom stereocenters. The number of imidazole rings is 1. The van der Waals surface area contributed by atoms with Crippen LogP contribution in [0.15, 0.2) is 52.9 Å². The van der Waals surface area contributed by atoms with E-state index in [9.17, 15) is 4.79 Å². The number of rotatable bonds is 5. The molecule has 0 fully saturated rings. The van der Waals surface area contributed by atoms with Crippen molar-refractivity contribution in [3.8, 4) is 0 Å². The van der Waals surface area contributed by atoms with Crippen LogP contribution in [0.3, 0.4) is 0 Å². The standard InChI is InChI=1S/C20H24N3O3S/c1-5-26-13-27-16-12-21-19-22(16)17-14(2)8-6-10-20(17)11-7-9-15(18(24)25-4)23(19,20)3/h6-9,11-12H,5,10,13H2,1-4H3/q+1. The van der Waals surface area contributed by atoms with E-state index in [1.807, 2.05) is 25.3 Å². The van der Waals surface area contributed by atoms with Crippen molar-refractivity contribution in [2.45, 2.75) is 30.8 Å². The van der Waals surface area contributed by atoms with Crippen molar-refractivity contribution in [2.75, 3.05) is 26.7 Å².